The van der Waals surface area contributed by atoms with Crippen LogP contribution in [-0.4, -0.2) is 24.0 Å². The molecule has 0 spiro atoms. The zero-order valence-electron chi connectivity index (χ0n) is 10.0. The predicted octanol–water partition coefficient (Wildman–Crippen LogP) is 2.01. The number of carbonyl (C=O) groups is 1. The van der Waals surface area contributed by atoms with E-state index in [0.717, 1.165) is 12.8 Å². The van der Waals surface area contributed by atoms with Crippen molar-refractivity contribution in [3.63, 3.8) is 0 Å². The minimum Gasteiger partial charge on any atom is -0.495 e. The number of amides is 1. The number of hydrogen-bond donors (Lipinski definition) is 1. The Balaban J connectivity index is 2.66. The summed E-state index contributed by atoms with van der Waals surface area (Å²) in [5.74, 6) is -0.658. The highest BCUT2D eigenvalue weighted by atomic mass is 79.9. The molecule has 0 unspecified atom stereocenters. The third-order valence-electron chi connectivity index (χ3n) is 2.64. The number of nitrogens with two attached hydrogens (primary N) is 1. The molecule has 1 amide bonds. The molecule has 1 aromatic rings. The Kier molecular flexibility index (Phi) is 3.61. The summed E-state index contributed by atoms with van der Waals surface area (Å²) in [5.41, 5.74) is 4.50. The molecular formula is C11H11BrN2O5. The zero-order valence-corrected chi connectivity index (χ0v) is 11.6. The van der Waals surface area contributed by atoms with Gasteiger partial charge in [-0.2, -0.15) is 0 Å². The number of methoxy groups -OCH3 is 1. The van der Waals surface area contributed by atoms with Gasteiger partial charge in [0.2, 0.25) is 5.75 Å². The first-order valence-corrected chi connectivity index (χ1v) is 6.26. The quantitative estimate of drug-likeness (QED) is 0.656. The molecule has 2 rings (SSSR count). The van der Waals surface area contributed by atoms with Gasteiger partial charge in [-0.15, -0.1) is 0 Å². The van der Waals surface area contributed by atoms with Crippen molar-refractivity contribution in [2.24, 2.45) is 5.73 Å². The molecule has 1 aliphatic carbocycles. The van der Waals surface area contributed by atoms with Crippen LogP contribution < -0.4 is 15.2 Å². The summed E-state index contributed by atoms with van der Waals surface area (Å²) in [6.45, 7) is 0. The van der Waals surface area contributed by atoms with E-state index in [-0.39, 0.29) is 23.2 Å². The molecular weight excluding hydrogens is 320 g/mol. The molecule has 0 aliphatic heterocycles. The fourth-order valence-electron chi connectivity index (χ4n) is 1.58. The van der Waals surface area contributed by atoms with Gasteiger partial charge < -0.3 is 15.2 Å². The topological polar surface area (TPSA) is 105 Å². The molecule has 0 heterocycles. The van der Waals surface area contributed by atoms with Crippen molar-refractivity contribution in [1.82, 2.24) is 0 Å². The smallest absolute Gasteiger partial charge is 0.325 e. The van der Waals surface area contributed by atoms with Crippen LogP contribution in [0.1, 0.15) is 23.2 Å². The van der Waals surface area contributed by atoms with Gasteiger partial charge in [-0.1, -0.05) is 0 Å². The van der Waals surface area contributed by atoms with Crippen LogP contribution in [0.15, 0.2) is 10.5 Å². The van der Waals surface area contributed by atoms with Gasteiger partial charge in [0.15, 0.2) is 0 Å². The Morgan fingerprint density at radius 2 is 2.21 bits per heavy atom. The standard InChI is InChI=1S/C11H11BrN2O5/c1-18-7-4-6(11(13)15)9(14(16)17)10(8(7)12)19-5-2-3-5/h4-5H,2-3H2,1H3,(H2,13,15). The number of benzene rings is 1. The first-order chi connectivity index (χ1) is 8.95. The summed E-state index contributed by atoms with van der Waals surface area (Å²) in [6, 6.07) is 1.23. The molecule has 1 fully saturated rings. The summed E-state index contributed by atoms with van der Waals surface area (Å²) in [7, 11) is 1.39. The Bertz CT molecular complexity index is 557. The average Bonchev–Trinajstić information content (AvgIpc) is 3.14. The number of halogens is 1. The van der Waals surface area contributed by atoms with E-state index in [9.17, 15) is 14.9 Å². The fourth-order valence-corrected chi connectivity index (χ4v) is 2.14. The van der Waals surface area contributed by atoms with Crippen molar-refractivity contribution in [2.75, 3.05) is 7.11 Å². The van der Waals surface area contributed by atoms with Gasteiger partial charge in [0, 0.05) is 6.07 Å². The number of carbonyl (C=O) groups excluding carboxylic acids is 1. The monoisotopic (exact) mass is 330 g/mol. The van der Waals surface area contributed by atoms with E-state index in [4.69, 9.17) is 15.2 Å². The Morgan fingerprint density at radius 1 is 1.58 bits per heavy atom. The molecule has 0 atom stereocenters. The zero-order chi connectivity index (χ0) is 14.2. The SMILES string of the molecule is COc1cc(C(N)=O)c([N+](=O)[O-])c(OC2CC2)c1Br. The molecule has 7 nitrogen and oxygen atoms in total. The highest BCUT2D eigenvalue weighted by Crippen LogP contribution is 2.46. The molecule has 19 heavy (non-hydrogen) atoms. The molecule has 0 bridgehead atoms. The van der Waals surface area contributed by atoms with E-state index < -0.39 is 16.5 Å². The predicted molar refractivity (Wildman–Crippen MR) is 69.5 cm³/mol. The van der Waals surface area contributed by atoms with Gasteiger partial charge in [0.05, 0.1) is 18.1 Å². The summed E-state index contributed by atoms with van der Waals surface area (Å²) >= 11 is 3.19. The molecule has 1 aliphatic rings. The number of ether oxygens (including phenoxy) is 2. The fraction of sp³-hybridized carbons (Fsp3) is 0.364. The largest absolute Gasteiger partial charge is 0.495 e. The minimum absolute atomic E-state index is 0.0133. The van der Waals surface area contributed by atoms with Gasteiger partial charge in [0.1, 0.15) is 15.8 Å². The molecule has 1 saturated carbocycles. The number of hydrogen-bond acceptors (Lipinski definition) is 5. The van der Waals surface area contributed by atoms with Crippen molar-refractivity contribution >= 4 is 27.5 Å². The van der Waals surface area contributed by atoms with Crippen LogP contribution in [-0.2, 0) is 0 Å². The lowest BCUT2D eigenvalue weighted by molar-refractivity contribution is -0.386. The van der Waals surface area contributed by atoms with Crippen LogP contribution in [0.5, 0.6) is 11.5 Å². The molecule has 1 aromatic carbocycles. The maximum atomic E-state index is 11.4. The van der Waals surface area contributed by atoms with Crippen LogP contribution >= 0.6 is 15.9 Å². The first kappa shape index (κ1) is 13.6. The molecule has 102 valence electrons. The lowest BCUT2D eigenvalue weighted by atomic mass is 10.1. The molecule has 8 heteroatoms. The normalized spacial score (nSPS) is 14.0. The Labute approximate surface area is 116 Å². The second kappa shape index (κ2) is 5.04. The van der Waals surface area contributed by atoms with Crippen LogP contribution in [0.4, 0.5) is 5.69 Å². The highest BCUT2D eigenvalue weighted by Gasteiger charge is 2.34. The van der Waals surface area contributed by atoms with Gasteiger partial charge in [0.25, 0.3) is 5.91 Å². The third kappa shape index (κ3) is 2.62. The highest BCUT2D eigenvalue weighted by molar-refractivity contribution is 9.10. The maximum Gasteiger partial charge on any atom is 0.325 e. The van der Waals surface area contributed by atoms with Crippen LogP contribution in [0, 0.1) is 10.1 Å². The summed E-state index contributed by atoms with van der Waals surface area (Å²) in [6.07, 6.45) is 1.59. The number of primary amides is 1. The van der Waals surface area contributed by atoms with Gasteiger partial charge in [-0.25, -0.2) is 0 Å². The second-order valence-corrected chi connectivity index (χ2v) is 4.85. The van der Waals surface area contributed by atoms with Crippen molar-refractivity contribution in [1.29, 1.82) is 0 Å². The van der Waals surface area contributed by atoms with Crippen LogP contribution in [0.25, 0.3) is 0 Å². The molecule has 0 aromatic heterocycles. The van der Waals surface area contributed by atoms with Crippen LogP contribution in [0.3, 0.4) is 0 Å². The van der Waals surface area contributed by atoms with Crippen molar-refractivity contribution < 1.29 is 19.2 Å². The number of rotatable bonds is 5. The molecule has 2 N–H and O–H groups in total. The van der Waals surface area contributed by atoms with Gasteiger partial charge in [-0.3, -0.25) is 14.9 Å². The van der Waals surface area contributed by atoms with E-state index >= 15 is 0 Å². The summed E-state index contributed by atoms with van der Waals surface area (Å²) in [5, 5.41) is 11.2. The van der Waals surface area contributed by atoms with E-state index in [0.29, 0.717) is 4.47 Å². The van der Waals surface area contributed by atoms with Crippen molar-refractivity contribution in [3.8, 4) is 11.5 Å². The molecule has 0 saturated heterocycles. The lowest BCUT2D eigenvalue weighted by Gasteiger charge is -2.13. The van der Waals surface area contributed by atoms with E-state index in [1.54, 1.807) is 0 Å². The minimum atomic E-state index is -0.904. The van der Waals surface area contributed by atoms with Crippen LogP contribution in [0.2, 0.25) is 0 Å². The van der Waals surface area contributed by atoms with E-state index in [2.05, 4.69) is 15.9 Å². The van der Waals surface area contributed by atoms with E-state index in [1.165, 1.54) is 13.2 Å². The second-order valence-electron chi connectivity index (χ2n) is 4.06. The maximum absolute atomic E-state index is 11.4. The Hall–Kier alpha value is -1.83. The van der Waals surface area contributed by atoms with Gasteiger partial charge >= 0.3 is 5.69 Å². The average molecular weight is 331 g/mol. The number of nitro groups is 1. The first-order valence-electron chi connectivity index (χ1n) is 5.47. The Morgan fingerprint density at radius 3 is 2.63 bits per heavy atom. The summed E-state index contributed by atoms with van der Waals surface area (Å²) < 4.78 is 10.9. The summed E-state index contributed by atoms with van der Waals surface area (Å²) in [4.78, 5) is 21.8. The third-order valence-corrected chi connectivity index (χ3v) is 3.39. The number of nitro benzene ring substituents is 1. The molecule has 0 radical (unpaired) electrons. The number of nitrogens with zero attached hydrogens (tertiary/aromatic N) is 1. The lowest BCUT2D eigenvalue weighted by Crippen LogP contribution is -2.15. The van der Waals surface area contributed by atoms with E-state index in [1.807, 2.05) is 0 Å². The van der Waals surface area contributed by atoms with Crippen molar-refractivity contribution in [2.45, 2.75) is 18.9 Å². The van der Waals surface area contributed by atoms with Crippen molar-refractivity contribution in [3.05, 3.63) is 26.2 Å². The van der Waals surface area contributed by atoms with Gasteiger partial charge in [-0.05, 0) is 28.8 Å².